The van der Waals surface area contributed by atoms with Crippen LogP contribution in [0.15, 0.2) is 30.3 Å². The largest absolute Gasteiger partial charge is 0.355 e. The molecule has 4 rings (SSSR count). The molecule has 144 valence electrons. The van der Waals surface area contributed by atoms with E-state index in [1.54, 1.807) is 0 Å². The first-order valence-corrected chi connectivity index (χ1v) is 9.69. The van der Waals surface area contributed by atoms with Crippen LogP contribution in [-0.4, -0.2) is 54.4 Å². The number of hydrogen-bond donors (Lipinski definition) is 0. The zero-order valence-corrected chi connectivity index (χ0v) is 15.4. The van der Waals surface area contributed by atoms with Crippen molar-refractivity contribution in [1.29, 1.82) is 0 Å². The highest BCUT2D eigenvalue weighted by Crippen LogP contribution is 2.20. The van der Waals surface area contributed by atoms with Crippen molar-refractivity contribution in [3.8, 4) is 0 Å². The lowest BCUT2D eigenvalue weighted by atomic mass is 10.1. The van der Waals surface area contributed by atoms with E-state index >= 15 is 0 Å². The van der Waals surface area contributed by atoms with Gasteiger partial charge in [-0.3, -0.25) is 4.90 Å². The van der Waals surface area contributed by atoms with Crippen LogP contribution in [0.25, 0.3) is 0 Å². The summed E-state index contributed by atoms with van der Waals surface area (Å²) in [6.07, 6.45) is 3.74. The van der Waals surface area contributed by atoms with Crippen LogP contribution < -0.4 is 9.80 Å². The molecule has 0 atom stereocenters. The molecule has 7 heteroatoms. The van der Waals surface area contributed by atoms with Crippen molar-refractivity contribution < 1.29 is 8.78 Å². The average Bonchev–Trinajstić information content (AvgIpc) is 2.72. The first-order chi connectivity index (χ1) is 13.2. The third-order valence-corrected chi connectivity index (χ3v) is 5.41. The van der Waals surface area contributed by atoms with Gasteiger partial charge in [0.15, 0.2) is 11.6 Å². The van der Waals surface area contributed by atoms with Crippen molar-refractivity contribution in [3.63, 3.8) is 0 Å². The number of aromatic nitrogens is 2. The molecular formula is C20H25F2N5. The van der Waals surface area contributed by atoms with Gasteiger partial charge in [-0.25, -0.2) is 8.78 Å². The maximum absolute atomic E-state index is 13.8. The minimum absolute atomic E-state index is 0.349. The van der Waals surface area contributed by atoms with E-state index in [1.807, 2.05) is 6.07 Å². The molecule has 2 saturated heterocycles. The van der Waals surface area contributed by atoms with Crippen molar-refractivity contribution in [2.75, 3.05) is 49.1 Å². The van der Waals surface area contributed by atoms with Crippen LogP contribution in [0, 0.1) is 11.6 Å². The highest BCUT2D eigenvalue weighted by atomic mass is 19.1. The number of piperazine rings is 1. The summed E-state index contributed by atoms with van der Waals surface area (Å²) in [7, 11) is 0. The Balaban J connectivity index is 1.33. The van der Waals surface area contributed by atoms with Crippen molar-refractivity contribution in [3.05, 3.63) is 47.5 Å². The number of nitrogens with zero attached hydrogens (tertiary/aromatic N) is 5. The summed E-state index contributed by atoms with van der Waals surface area (Å²) >= 11 is 0. The monoisotopic (exact) mass is 373 g/mol. The number of anilines is 2. The maximum Gasteiger partial charge on any atom is 0.151 e. The van der Waals surface area contributed by atoms with Crippen molar-refractivity contribution in [1.82, 2.24) is 15.1 Å². The van der Waals surface area contributed by atoms with E-state index in [9.17, 15) is 8.78 Å². The molecule has 0 radical (unpaired) electrons. The van der Waals surface area contributed by atoms with Gasteiger partial charge in [-0.15, -0.1) is 10.2 Å². The minimum Gasteiger partial charge on any atom is -0.355 e. The molecule has 1 aromatic carbocycles. The summed E-state index contributed by atoms with van der Waals surface area (Å²) in [4.78, 5) is 6.64. The van der Waals surface area contributed by atoms with E-state index in [4.69, 9.17) is 0 Å². The molecule has 0 N–H and O–H groups in total. The minimum atomic E-state index is -0.394. The Bertz CT molecular complexity index is 753. The Morgan fingerprint density at radius 2 is 1.37 bits per heavy atom. The lowest BCUT2D eigenvalue weighted by molar-refractivity contribution is 0.245. The van der Waals surface area contributed by atoms with E-state index in [1.165, 1.54) is 31.4 Å². The van der Waals surface area contributed by atoms with E-state index < -0.39 is 5.82 Å². The molecule has 0 spiro atoms. The zero-order valence-electron chi connectivity index (χ0n) is 15.4. The van der Waals surface area contributed by atoms with Gasteiger partial charge < -0.3 is 9.80 Å². The third-order valence-electron chi connectivity index (χ3n) is 5.41. The highest BCUT2D eigenvalue weighted by Gasteiger charge is 2.20. The Morgan fingerprint density at radius 1 is 0.741 bits per heavy atom. The zero-order chi connectivity index (χ0) is 18.6. The smallest absolute Gasteiger partial charge is 0.151 e. The second-order valence-corrected chi connectivity index (χ2v) is 7.30. The number of rotatable bonds is 4. The standard InChI is InChI=1S/C20H25F2N5/c21-17-4-5-18(22)16(14-17)15-25-10-12-27(13-11-25)20-7-6-19(23-24-20)26-8-2-1-3-9-26/h4-7,14H,1-3,8-13,15H2. The fourth-order valence-electron chi connectivity index (χ4n) is 3.82. The fourth-order valence-corrected chi connectivity index (χ4v) is 3.82. The summed E-state index contributed by atoms with van der Waals surface area (Å²) < 4.78 is 27.2. The molecule has 0 amide bonds. The van der Waals surface area contributed by atoms with Crippen LogP contribution in [-0.2, 0) is 6.54 Å². The number of hydrogen-bond acceptors (Lipinski definition) is 5. The van der Waals surface area contributed by atoms with Crippen LogP contribution in [0.3, 0.4) is 0 Å². The number of benzene rings is 1. The lowest BCUT2D eigenvalue weighted by Crippen LogP contribution is -2.46. The van der Waals surface area contributed by atoms with Gasteiger partial charge in [0, 0.05) is 51.4 Å². The second-order valence-electron chi connectivity index (χ2n) is 7.30. The van der Waals surface area contributed by atoms with Crippen LogP contribution in [0.1, 0.15) is 24.8 Å². The van der Waals surface area contributed by atoms with Gasteiger partial charge in [0.25, 0.3) is 0 Å². The SMILES string of the molecule is Fc1ccc(F)c(CN2CCN(c3ccc(N4CCCCC4)nn3)CC2)c1. The van der Waals surface area contributed by atoms with E-state index in [-0.39, 0.29) is 5.82 Å². The summed E-state index contributed by atoms with van der Waals surface area (Å²) in [5.74, 6) is 1.10. The molecule has 2 aliphatic rings. The topological polar surface area (TPSA) is 35.5 Å². The lowest BCUT2D eigenvalue weighted by Gasteiger charge is -2.35. The van der Waals surface area contributed by atoms with E-state index in [2.05, 4.69) is 31.0 Å². The van der Waals surface area contributed by atoms with Gasteiger partial charge in [0.1, 0.15) is 11.6 Å². The van der Waals surface area contributed by atoms with Crippen molar-refractivity contribution in [2.45, 2.75) is 25.8 Å². The molecule has 2 aromatic rings. The molecule has 1 aromatic heterocycles. The Morgan fingerprint density at radius 3 is 2.00 bits per heavy atom. The molecule has 5 nitrogen and oxygen atoms in total. The number of piperidine rings is 1. The number of halogens is 2. The van der Waals surface area contributed by atoms with Crippen LogP contribution in [0.4, 0.5) is 20.4 Å². The predicted molar refractivity (Wildman–Crippen MR) is 102 cm³/mol. The summed E-state index contributed by atoms with van der Waals surface area (Å²) in [6, 6.07) is 7.73. The Labute approximate surface area is 158 Å². The third kappa shape index (κ3) is 4.35. The summed E-state index contributed by atoms with van der Waals surface area (Å²) in [6.45, 7) is 5.71. The molecule has 0 unspecified atom stereocenters. The fraction of sp³-hybridized carbons (Fsp3) is 0.500. The first-order valence-electron chi connectivity index (χ1n) is 9.69. The molecule has 2 fully saturated rings. The van der Waals surface area contributed by atoms with Crippen molar-refractivity contribution in [2.24, 2.45) is 0 Å². The van der Waals surface area contributed by atoms with Gasteiger partial charge in [-0.2, -0.15) is 0 Å². The van der Waals surface area contributed by atoms with Crippen LogP contribution in [0.2, 0.25) is 0 Å². The summed E-state index contributed by atoms with van der Waals surface area (Å²) in [5.41, 5.74) is 0.411. The van der Waals surface area contributed by atoms with Gasteiger partial charge in [-0.05, 0) is 49.6 Å². The summed E-state index contributed by atoms with van der Waals surface area (Å²) in [5, 5.41) is 8.83. The van der Waals surface area contributed by atoms with Gasteiger partial charge in [0.2, 0.25) is 0 Å². The highest BCUT2D eigenvalue weighted by molar-refractivity contribution is 5.45. The van der Waals surface area contributed by atoms with Gasteiger partial charge in [0.05, 0.1) is 0 Å². The molecule has 3 heterocycles. The van der Waals surface area contributed by atoms with Gasteiger partial charge >= 0.3 is 0 Å². The Hall–Kier alpha value is -2.28. The first kappa shape index (κ1) is 18.1. The van der Waals surface area contributed by atoms with Crippen LogP contribution >= 0.6 is 0 Å². The molecule has 27 heavy (non-hydrogen) atoms. The Kier molecular flexibility index (Phi) is 5.48. The quantitative estimate of drug-likeness (QED) is 0.823. The van der Waals surface area contributed by atoms with E-state index in [0.29, 0.717) is 12.1 Å². The van der Waals surface area contributed by atoms with E-state index in [0.717, 1.165) is 57.0 Å². The second kappa shape index (κ2) is 8.17. The molecule has 0 saturated carbocycles. The molecular weight excluding hydrogens is 348 g/mol. The average molecular weight is 373 g/mol. The molecule has 0 bridgehead atoms. The predicted octanol–water partition coefficient (Wildman–Crippen LogP) is 3.07. The molecule has 0 aliphatic carbocycles. The maximum atomic E-state index is 13.8. The van der Waals surface area contributed by atoms with Gasteiger partial charge in [-0.1, -0.05) is 0 Å². The van der Waals surface area contributed by atoms with Crippen LogP contribution in [0.5, 0.6) is 0 Å². The molecule has 2 aliphatic heterocycles. The normalized spacial score (nSPS) is 18.7. The van der Waals surface area contributed by atoms with Crippen molar-refractivity contribution >= 4 is 11.6 Å².